The number of carbonyl (C=O) groups excluding carboxylic acids is 1. The Hall–Kier alpha value is -2.30. The highest BCUT2D eigenvalue weighted by molar-refractivity contribution is 5.80. The van der Waals surface area contributed by atoms with Gasteiger partial charge in [-0.15, -0.1) is 10.2 Å². The number of nitrogens with zero attached hydrogens (tertiary/aromatic N) is 4. The monoisotopic (exact) mass is 242 g/mol. The fraction of sp³-hybridized carbons (Fsp3) is 0.231. The highest BCUT2D eigenvalue weighted by Gasteiger charge is 2.06. The number of hydrogen-bond donors (Lipinski definition) is 0. The smallest absolute Gasteiger partial charge is 0.151 e. The van der Waals surface area contributed by atoms with E-state index in [0.717, 1.165) is 11.3 Å². The van der Waals surface area contributed by atoms with Crippen molar-refractivity contribution >= 4 is 11.6 Å². The number of ketones is 1. The molecule has 0 unspecified atom stereocenters. The van der Waals surface area contributed by atoms with Crippen molar-refractivity contribution in [2.75, 3.05) is 18.5 Å². The normalized spacial score (nSPS) is 10.1. The van der Waals surface area contributed by atoms with Crippen LogP contribution in [0.2, 0.25) is 0 Å². The van der Waals surface area contributed by atoms with E-state index < -0.39 is 0 Å². The minimum absolute atomic E-state index is 0.0932. The van der Waals surface area contributed by atoms with E-state index in [2.05, 4.69) is 15.2 Å². The van der Waals surface area contributed by atoms with Gasteiger partial charge in [0, 0.05) is 25.0 Å². The Kier molecular flexibility index (Phi) is 3.62. The molecule has 0 saturated carbocycles. The summed E-state index contributed by atoms with van der Waals surface area (Å²) in [7, 11) is 1.81. The van der Waals surface area contributed by atoms with Crippen molar-refractivity contribution in [1.82, 2.24) is 15.2 Å². The lowest BCUT2D eigenvalue weighted by molar-refractivity contribution is -0.115. The summed E-state index contributed by atoms with van der Waals surface area (Å²) in [5.41, 5.74) is 1.69. The maximum atomic E-state index is 11.0. The third-order valence-electron chi connectivity index (χ3n) is 2.46. The van der Waals surface area contributed by atoms with E-state index in [9.17, 15) is 4.79 Å². The highest BCUT2D eigenvalue weighted by Crippen LogP contribution is 2.16. The molecule has 0 atom stereocenters. The van der Waals surface area contributed by atoms with Crippen LogP contribution in [0.4, 0.5) is 5.82 Å². The molecule has 5 nitrogen and oxygen atoms in total. The molecule has 0 fully saturated rings. The first-order chi connectivity index (χ1) is 8.66. The summed E-state index contributed by atoms with van der Waals surface area (Å²) in [5.74, 6) is 0.772. The molecule has 0 amide bonds. The Bertz CT molecular complexity index is 524. The van der Waals surface area contributed by atoms with Gasteiger partial charge in [-0.1, -0.05) is 0 Å². The van der Waals surface area contributed by atoms with Gasteiger partial charge in [0.15, 0.2) is 5.82 Å². The van der Waals surface area contributed by atoms with E-state index in [1.807, 2.05) is 31.3 Å². The average Bonchev–Trinajstić information content (AvgIpc) is 2.39. The zero-order chi connectivity index (χ0) is 13.0. The maximum absolute atomic E-state index is 11.0. The molecule has 2 heterocycles. The largest absolute Gasteiger partial charge is 0.351 e. The first kappa shape index (κ1) is 12.2. The van der Waals surface area contributed by atoms with Gasteiger partial charge in [-0.2, -0.15) is 0 Å². The van der Waals surface area contributed by atoms with Crippen molar-refractivity contribution in [2.24, 2.45) is 0 Å². The second kappa shape index (κ2) is 5.35. The second-order valence-electron chi connectivity index (χ2n) is 4.08. The van der Waals surface area contributed by atoms with Crippen LogP contribution in [0.3, 0.4) is 0 Å². The van der Waals surface area contributed by atoms with Crippen LogP contribution in [0, 0.1) is 0 Å². The zero-order valence-electron chi connectivity index (χ0n) is 10.4. The van der Waals surface area contributed by atoms with Crippen LogP contribution in [0.25, 0.3) is 11.3 Å². The van der Waals surface area contributed by atoms with E-state index in [4.69, 9.17) is 0 Å². The predicted molar refractivity (Wildman–Crippen MR) is 69.2 cm³/mol. The average molecular weight is 242 g/mol. The molecule has 0 N–H and O–H groups in total. The third-order valence-corrected chi connectivity index (χ3v) is 2.46. The minimum Gasteiger partial charge on any atom is -0.351 e. The van der Waals surface area contributed by atoms with Gasteiger partial charge in [0.05, 0.1) is 12.2 Å². The number of anilines is 1. The molecule has 0 radical (unpaired) electrons. The molecule has 0 saturated heterocycles. The highest BCUT2D eigenvalue weighted by atomic mass is 16.1. The molecule has 5 heteroatoms. The zero-order valence-corrected chi connectivity index (χ0v) is 10.4. The molecule has 0 aromatic carbocycles. The van der Waals surface area contributed by atoms with E-state index in [-0.39, 0.29) is 5.78 Å². The van der Waals surface area contributed by atoms with Crippen molar-refractivity contribution in [3.8, 4) is 11.3 Å². The molecule has 0 aliphatic heterocycles. The second-order valence-corrected chi connectivity index (χ2v) is 4.08. The Morgan fingerprint density at radius 3 is 2.67 bits per heavy atom. The summed E-state index contributed by atoms with van der Waals surface area (Å²) in [6.07, 6.45) is 3.45. The van der Waals surface area contributed by atoms with Crippen molar-refractivity contribution in [2.45, 2.75) is 6.92 Å². The van der Waals surface area contributed by atoms with Crippen LogP contribution in [0.1, 0.15) is 6.92 Å². The summed E-state index contributed by atoms with van der Waals surface area (Å²) in [6, 6.07) is 7.50. The number of hydrogen-bond acceptors (Lipinski definition) is 5. The van der Waals surface area contributed by atoms with E-state index in [1.54, 1.807) is 24.2 Å². The number of pyridine rings is 1. The van der Waals surface area contributed by atoms with Gasteiger partial charge in [-0.25, -0.2) is 0 Å². The van der Waals surface area contributed by atoms with Crippen LogP contribution in [0.5, 0.6) is 0 Å². The number of aromatic nitrogens is 3. The summed E-state index contributed by atoms with van der Waals surface area (Å²) < 4.78 is 0. The van der Waals surface area contributed by atoms with Gasteiger partial charge in [-0.3, -0.25) is 9.78 Å². The third kappa shape index (κ3) is 2.88. The quantitative estimate of drug-likeness (QED) is 0.814. The Labute approximate surface area is 105 Å². The van der Waals surface area contributed by atoms with E-state index in [1.165, 1.54) is 0 Å². The summed E-state index contributed by atoms with van der Waals surface area (Å²) in [6.45, 7) is 1.88. The summed E-state index contributed by atoms with van der Waals surface area (Å²) in [4.78, 5) is 16.8. The van der Waals surface area contributed by atoms with Crippen LogP contribution in [-0.4, -0.2) is 34.6 Å². The van der Waals surface area contributed by atoms with Crippen molar-refractivity contribution in [3.05, 3.63) is 36.7 Å². The number of likely N-dealkylation sites (N-methyl/N-ethyl adjacent to an activating group) is 1. The lowest BCUT2D eigenvalue weighted by Gasteiger charge is -2.15. The first-order valence-electron chi connectivity index (χ1n) is 5.61. The molecule has 2 aromatic heterocycles. The lowest BCUT2D eigenvalue weighted by atomic mass is 10.2. The minimum atomic E-state index is 0.0932. The van der Waals surface area contributed by atoms with Crippen LogP contribution < -0.4 is 4.90 Å². The van der Waals surface area contributed by atoms with E-state index >= 15 is 0 Å². The van der Waals surface area contributed by atoms with Gasteiger partial charge >= 0.3 is 0 Å². The Balaban J connectivity index is 2.18. The number of carbonyl (C=O) groups is 1. The maximum Gasteiger partial charge on any atom is 0.151 e. The van der Waals surface area contributed by atoms with Crippen LogP contribution >= 0.6 is 0 Å². The molecule has 0 spiro atoms. The molecule has 2 rings (SSSR count). The fourth-order valence-electron chi connectivity index (χ4n) is 1.61. The molecule has 2 aromatic rings. The van der Waals surface area contributed by atoms with Gasteiger partial charge < -0.3 is 4.90 Å². The molecule has 92 valence electrons. The summed E-state index contributed by atoms with van der Waals surface area (Å²) >= 11 is 0. The van der Waals surface area contributed by atoms with Crippen LogP contribution in [0.15, 0.2) is 36.7 Å². The molecule has 18 heavy (non-hydrogen) atoms. The first-order valence-corrected chi connectivity index (χ1v) is 5.61. The SMILES string of the molecule is CC(=O)CN(C)c1ccc(-c2cccnc2)nn1. The molecule has 0 bridgehead atoms. The molecule has 0 aliphatic carbocycles. The van der Waals surface area contributed by atoms with Crippen molar-refractivity contribution in [3.63, 3.8) is 0 Å². The van der Waals surface area contributed by atoms with Gasteiger partial charge in [-0.05, 0) is 31.2 Å². The van der Waals surface area contributed by atoms with Gasteiger partial charge in [0.2, 0.25) is 0 Å². The predicted octanol–water partition coefficient (Wildman–Crippen LogP) is 1.56. The van der Waals surface area contributed by atoms with Gasteiger partial charge in [0.1, 0.15) is 5.78 Å². The van der Waals surface area contributed by atoms with Crippen molar-refractivity contribution < 1.29 is 4.79 Å². The molecule has 0 aliphatic rings. The number of Topliss-reactive ketones (excluding diaryl/α,β-unsaturated/α-hetero) is 1. The van der Waals surface area contributed by atoms with Crippen LogP contribution in [-0.2, 0) is 4.79 Å². The number of rotatable bonds is 4. The van der Waals surface area contributed by atoms with Gasteiger partial charge in [0.25, 0.3) is 0 Å². The summed E-state index contributed by atoms with van der Waals surface area (Å²) in [5, 5.41) is 8.24. The van der Waals surface area contributed by atoms with Crippen molar-refractivity contribution in [1.29, 1.82) is 0 Å². The lowest BCUT2D eigenvalue weighted by Crippen LogP contribution is -2.24. The molecular formula is C13H14N4O. The topological polar surface area (TPSA) is 59.0 Å². The molecular weight excluding hydrogens is 228 g/mol. The standard InChI is InChI=1S/C13H14N4O/c1-10(18)9-17(2)13-6-5-12(15-16-13)11-4-3-7-14-8-11/h3-8H,9H2,1-2H3. The van der Waals surface area contributed by atoms with E-state index in [0.29, 0.717) is 12.4 Å². The fourth-order valence-corrected chi connectivity index (χ4v) is 1.61. The Morgan fingerprint density at radius 1 is 1.28 bits per heavy atom. The Morgan fingerprint density at radius 2 is 2.11 bits per heavy atom.